The first-order valence-corrected chi connectivity index (χ1v) is 8.29. The number of Topliss-reactive ketones (excluding diaryl/α,β-unsaturated/α-hetero) is 1. The zero-order chi connectivity index (χ0) is 18.3. The van der Waals surface area contributed by atoms with Gasteiger partial charge < -0.3 is 10.3 Å². The molecule has 0 aliphatic carbocycles. The van der Waals surface area contributed by atoms with Gasteiger partial charge in [0.15, 0.2) is 5.78 Å². The minimum absolute atomic E-state index is 0.300. The minimum atomic E-state index is -1.21. The molecule has 3 amide bonds. The lowest BCUT2D eigenvalue weighted by Crippen LogP contribution is -2.41. The van der Waals surface area contributed by atoms with Crippen LogP contribution < -0.4 is 5.32 Å². The maximum atomic E-state index is 13.1. The Morgan fingerprint density at radius 1 is 1.04 bits per heavy atom. The van der Waals surface area contributed by atoms with Gasteiger partial charge >= 0.3 is 6.03 Å². The third kappa shape index (κ3) is 2.38. The fourth-order valence-electron chi connectivity index (χ4n) is 3.42. The molecular formula is C20H17N3O3. The highest BCUT2D eigenvalue weighted by Crippen LogP contribution is 2.33. The van der Waals surface area contributed by atoms with E-state index in [4.69, 9.17) is 0 Å². The molecule has 0 radical (unpaired) electrons. The van der Waals surface area contributed by atoms with Gasteiger partial charge in [0.2, 0.25) is 0 Å². The van der Waals surface area contributed by atoms with Crippen molar-refractivity contribution in [3.05, 3.63) is 72.1 Å². The molecule has 130 valence electrons. The van der Waals surface area contributed by atoms with E-state index in [9.17, 15) is 14.4 Å². The van der Waals surface area contributed by atoms with Gasteiger partial charge in [-0.2, -0.15) is 0 Å². The summed E-state index contributed by atoms with van der Waals surface area (Å²) in [5, 5.41) is 4.64. The number of aromatic nitrogens is 1. The lowest BCUT2D eigenvalue weighted by Gasteiger charge is -2.24. The van der Waals surface area contributed by atoms with Crippen LogP contribution >= 0.6 is 0 Å². The summed E-state index contributed by atoms with van der Waals surface area (Å²) in [5.74, 6) is -0.751. The molecule has 0 bridgehead atoms. The van der Waals surface area contributed by atoms with Crippen LogP contribution in [0.1, 0.15) is 23.0 Å². The highest BCUT2D eigenvalue weighted by atomic mass is 16.2. The van der Waals surface area contributed by atoms with Crippen molar-refractivity contribution < 1.29 is 14.4 Å². The van der Waals surface area contributed by atoms with Crippen molar-refractivity contribution in [1.82, 2.24) is 15.2 Å². The molecule has 0 saturated carbocycles. The van der Waals surface area contributed by atoms with Crippen molar-refractivity contribution in [3.8, 4) is 0 Å². The number of ketones is 1. The first-order chi connectivity index (χ1) is 12.5. The van der Waals surface area contributed by atoms with Gasteiger partial charge in [0.05, 0.1) is 12.2 Å². The van der Waals surface area contributed by atoms with Gasteiger partial charge in [-0.05, 0) is 35.4 Å². The van der Waals surface area contributed by atoms with Crippen molar-refractivity contribution in [3.63, 3.8) is 0 Å². The third-order valence-corrected chi connectivity index (χ3v) is 4.80. The van der Waals surface area contributed by atoms with E-state index in [1.54, 1.807) is 25.3 Å². The van der Waals surface area contributed by atoms with E-state index in [0.717, 1.165) is 15.7 Å². The van der Waals surface area contributed by atoms with Crippen molar-refractivity contribution >= 4 is 28.5 Å². The summed E-state index contributed by atoms with van der Waals surface area (Å²) >= 11 is 0. The van der Waals surface area contributed by atoms with Crippen molar-refractivity contribution in [1.29, 1.82) is 0 Å². The van der Waals surface area contributed by atoms with Gasteiger partial charge in [0, 0.05) is 6.20 Å². The van der Waals surface area contributed by atoms with Crippen LogP contribution in [0.2, 0.25) is 0 Å². The number of nitrogens with zero attached hydrogens (tertiary/aromatic N) is 1. The number of nitrogens with one attached hydrogen (secondary N) is 2. The summed E-state index contributed by atoms with van der Waals surface area (Å²) in [6.45, 7) is 1.37. The zero-order valence-corrected chi connectivity index (χ0v) is 14.2. The van der Waals surface area contributed by atoms with Crippen LogP contribution in [0.25, 0.3) is 10.8 Å². The molecule has 3 aromatic rings. The van der Waals surface area contributed by atoms with Gasteiger partial charge in [-0.3, -0.25) is 14.5 Å². The molecule has 2 aromatic carbocycles. The monoisotopic (exact) mass is 347 g/mol. The van der Waals surface area contributed by atoms with Gasteiger partial charge in [-0.1, -0.05) is 42.5 Å². The lowest BCUT2D eigenvalue weighted by atomic mass is 9.88. The van der Waals surface area contributed by atoms with E-state index in [1.165, 1.54) is 0 Å². The molecular weight excluding hydrogens is 330 g/mol. The van der Waals surface area contributed by atoms with Crippen molar-refractivity contribution in [2.75, 3.05) is 6.54 Å². The Morgan fingerprint density at radius 2 is 1.81 bits per heavy atom. The number of rotatable bonds is 4. The van der Waals surface area contributed by atoms with Crippen LogP contribution in [0.3, 0.4) is 0 Å². The maximum absolute atomic E-state index is 13.1. The predicted molar refractivity (Wildman–Crippen MR) is 96.7 cm³/mol. The Labute approximate surface area is 149 Å². The highest BCUT2D eigenvalue weighted by Gasteiger charge is 2.50. The van der Waals surface area contributed by atoms with Crippen LogP contribution in [0, 0.1) is 0 Å². The number of fused-ring (bicyclic) bond motifs is 1. The number of aromatic amines is 1. The summed E-state index contributed by atoms with van der Waals surface area (Å²) in [7, 11) is 0. The third-order valence-electron chi connectivity index (χ3n) is 4.80. The van der Waals surface area contributed by atoms with Crippen molar-refractivity contribution in [2.24, 2.45) is 0 Å². The second kappa shape index (κ2) is 5.84. The molecule has 1 fully saturated rings. The van der Waals surface area contributed by atoms with E-state index in [1.807, 2.05) is 42.5 Å². The fraction of sp³-hybridized carbons (Fsp3) is 0.150. The lowest BCUT2D eigenvalue weighted by molar-refractivity contribution is -0.130. The number of urea groups is 1. The van der Waals surface area contributed by atoms with Gasteiger partial charge in [0.25, 0.3) is 5.91 Å². The maximum Gasteiger partial charge on any atom is 0.325 e. The smallest absolute Gasteiger partial charge is 0.325 e. The van der Waals surface area contributed by atoms with Crippen LogP contribution in [-0.4, -0.2) is 34.2 Å². The van der Waals surface area contributed by atoms with Gasteiger partial charge in [-0.25, -0.2) is 4.79 Å². The number of imide groups is 1. The molecule has 1 aromatic heterocycles. The first kappa shape index (κ1) is 16.1. The Bertz CT molecular complexity index is 1020. The molecule has 1 unspecified atom stereocenters. The second-order valence-corrected chi connectivity index (χ2v) is 6.48. The molecule has 6 nitrogen and oxygen atoms in total. The molecule has 1 aliphatic heterocycles. The standard InChI is InChI=1S/C20H17N3O3/c1-20(15-9-4-7-13-6-2-3-8-14(13)15)18(25)23(19(26)22-20)12-17(24)16-10-5-11-21-16/h2-11,21H,12H2,1H3,(H,22,26). The zero-order valence-electron chi connectivity index (χ0n) is 14.2. The van der Waals surface area contributed by atoms with Crippen LogP contribution in [-0.2, 0) is 10.3 Å². The highest BCUT2D eigenvalue weighted by molar-refractivity contribution is 6.12. The summed E-state index contributed by atoms with van der Waals surface area (Å²) in [6.07, 6.45) is 1.62. The average Bonchev–Trinajstić information content (AvgIpc) is 3.25. The SMILES string of the molecule is CC1(c2cccc3ccccc23)NC(=O)N(CC(=O)c2ccc[nH]2)C1=O. The topological polar surface area (TPSA) is 82.3 Å². The summed E-state index contributed by atoms with van der Waals surface area (Å²) < 4.78 is 0. The van der Waals surface area contributed by atoms with E-state index in [2.05, 4.69) is 10.3 Å². The average molecular weight is 347 g/mol. The Balaban J connectivity index is 1.70. The molecule has 4 rings (SSSR count). The van der Waals surface area contributed by atoms with Crippen LogP contribution in [0.4, 0.5) is 4.79 Å². The minimum Gasteiger partial charge on any atom is -0.359 e. The number of hydrogen-bond acceptors (Lipinski definition) is 3. The molecule has 2 heterocycles. The Morgan fingerprint density at radius 3 is 2.58 bits per heavy atom. The summed E-state index contributed by atoms with van der Waals surface area (Å²) in [5.41, 5.74) is -0.137. The predicted octanol–water partition coefficient (Wildman–Crippen LogP) is 2.82. The van der Waals surface area contributed by atoms with Gasteiger partial charge in [-0.15, -0.1) is 0 Å². The molecule has 0 spiro atoms. The molecule has 1 aliphatic rings. The van der Waals surface area contributed by atoms with Gasteiger partial charge in [0.1, 0.15) is 5.54 Å². The first-order valence-electron chi connectivity index (χ1n) is 8.29. The molecule has 1 atom stereocenters. The van der Waals surface area contributed by atoms with E-state index in [-0.39, 0.29) is 12.3 Å². The Hall–Kier alpha value is -3.41. The van der Waals surface area contributed by atoms with Crippen LogP contribution in [0.5, 0.6) is 0 Å². The van der Waals surface area contributed by atoms with Crippen molar-refractivity contribution in [2.45, 2.75) is 12.5 Å². The number of benzene rings is 2. The normalized spacial score (nSPS) is 19.8. The quantitative estimate of drug-likeness (QED) is 0.562. The van der Waals surface area contributed by atoms with E-state index >= 15 is 0 Å². The van der Waals surface area contributed by atoms with E-state index < -0.39 is 17.5 Å². The summed E-state index contributed by atoms with van der Waals surface area (Å²) in [4.78, 5) is 41.6. The number of amides is 3. The molecule has 1 saturated heterocycles. The number of carbonyl (C=O) groups excluding carboxylic acids is 3. The fourth-order valence-corrected chi connectivity index (χ4v) is 3.42. The molecule has 2 N–H and O–H groups in total. The Kier molecular flexibility index (Phi) is 3.61. The molecule has 26 heavy (non-hydrogen) atoms. The number of carbonyl (C=O) groups is 3. The molecule has 6 heteroatoms. The number of H-pyrrole nitrogens is 1. The second-order valence-electron chi connectivity index (χ2n) is 6.48. The van der Waals surface area contributed by atoms with Crippen LogP contribution in [0.15, 0.2) is 60.8 Å². The number of hydrogen-bond donors (Lipinski definition) is 2. The van der Waals surface area contributed by atoms with E-state index in [0.29, 0.717) is 11.3 Å². The summed E-state index contributed by atoms with van der Waals surface area (Å²) in [6, 6.07) is 16.1. The largest absolute Gasteiger partial charge is 0.359 e.